The predicted octanol–water partition coefficient (Wildman–Crippen LogP) is 2.94. The molecule has 1 amide bonds. The summed E-state index contributed by atoms with van der Waals surface area (Å²) >= 11 is 1.86. The summed E-state index contributed by atoms with van der Waals surface area (Å²) in [6.07, 6.45) is 5.50. The van der Waals surface area contributed by atoms with Crippen molar-refractivity contribution in [2.24, 2.45) is 0 Å². The Balaban J connectivity index is 1.69. The molecule has 4 rings (SSSR count). The molecule has 2 aliphatic rings. The highest BCUT2D eigenvalue weighted by Gasteiger charge is 2.26. The Morgan fingerprint density at radius 1 is 1.12 bits per heavy atom. The second-order valence-electron chi connectivity index (χ2n) is 6.71. The zero-order valence-corrected chi connectivity index (χ0v) is 15.3. The third-order valence-electron chi connectivity index (χ3n) is 5.14. The molecule has 0 N–H and O–H groups in total. The van der Waals surface area contributed by atoms with Crippen LogP contribution >= 0.6 is 11.3 Å². The van der Waals surface area contributed by atoms with Crippen molar-refractivity contribution < 1.29 is 4.79 Å². The Morgan fingerprint density at radius 3 is 2.62 bits per heavy atom. The Hall–Kier alpha value is -1.69. The van der Waals surface area contributed by atoms with E-state index in [1.807, 2.05) is 30.1 Å². The van der Waals surface area contributed by atoms with E-state index in [0.717, 1.165) is 49.1 Å². The van der Waals surface area contributed by atoms with Gasteiger partial charge in [0.1, 0.15) is 16.5 Å². The third kappa shape index (κ3) is 2.66. The number of hydrogen-bond acceptors (Lipinski definition) is 5. The predicted molar refractivity (Wildman–Crippen MR) is 97.9 cm³/mol. The van der Waals surface area contributed by atoms with Gasteiger partial charge in [-0.2, -0.15) is 0 Å². The van der Waals surface area contributed by atoms with Gasteiger partial charge in [0.25, 0.3) is 0 Å². The Kier molecular flexibility index (Phi) is 4.16. The van der Waals surface area contributed by atoms with E-state index in [-0.39, 0.29) is 5.91 Å². The molecule has 6 heteroatoms. The van der Waals surface area contributed by atoms with Crippen LogP contribution in [-0.4, -0.2) is 47.0 Å². The first-order valence-corrected chi connectivity index (χ1v) is 9.80. The molecule has 0 unspecified atom stereocenters. The van der Waals surface area contributed by atoms with Gasteiger partial charge in [0.05, 0.1) is 5.39 Å². The number of fused-ring (bicyclic) bond motifs is 3. The van der Waals surface area contributed by atoms with Gasteiger partial charge in [0, 0.05) is 37.5 Å². The van der Waals surface area contributed by atoms with Crippen LogP contribution < -0.4 is 4.90 Å². The van der Waals surface area contributed by atoms with Crippen LogP contribution in [0.15, 0.2) is 0 Å². The van der Waals surface area contributed by atoms with E-state index >= 15 is 0 Å². The zero-order chi connectivity index (χ0) is 16.7. The molecule has 24 heavy (non-hydrogen) atoms. The molecule has 0 bridgehead atoms. The van der Waals surface area contributed by atoms with E-state index in [2.05, 4.69) is 4.90 Å². The molecule has 1 aliphatic carbocycles. The summed E-state index contributed by atoms with van der Waals surface area (Å²) in [5.74, 6) is 2.20. The van der Waals surface area contributed by atoms with Gasteiger partial charge in [-0.05, 0) is 38.2 Å². The van der Waals surface area contributed by atoms with Crippen molar-refractivity contribution in [2.45, 2.75) is 46.0 Å². The summed E-state index contributed by atoms with van der Waals surface area (Å²) in [4.78, 5) is 28.4. The molecule has 3 heterocycles. The molecular weight excluding hydrogens is 320 g/mol. The van der Waals surface area contributed by atoms with Gasteiger partial charge in [0.2, 0.25) is 5.91 Å². The van der Waals surface area contributed by atoms with Crippen LogP contribution in [-0.2, 0) is 17.6 Å². The van der Waals surface area contributed by atoms with Gasteiger partial charge in [-0.3, -0.25) is 4.79 Å². The Morgan fingerprint density at radius 2 is 1.88 bits per heavy atom. The first-order chi connectivity index (χ1) is 11.7. The second kappa shape index (κ2) is 6.31. The summed E-state index contributed by atoms with van der Waals surface area (Å²) in [6, 6.07) is 0. The molecule has 1 fully saturated rings. The molecule has 2 aromatic heterocycles. The van der Waals surface area contributed by atoms with Crippen molar-refractivity contribution in [2.75, 3.05) is 31.1 Å². The summed E-state index contributed by atoms with van der Waals surface area (Å²) in [5.41, 5.74) is 1.49. The van der Waals surface area contributed by atoms with Crippen LogP contribution in [0.25, 0.3) is 10.2 Å². The molecule has 0 spiro atoms. The number of carbonyl (C=O) groups excluding carboxylic acids is 1. The highest BCUT2D eigenvalue weighted by molar-refractivity contribution is 7.19. The number of thiophene rings is 1. The maximum atomic E-state index is 11.9. The van der Waals surface area contributed by atoms with Gasteiger partial charge < -0.3 is 9.80 Å². The second-order valence-corrected chi connectivity index (χ2v) is 7.79. The largest absolute Gasteiger partial charge is 0.352 e. The molecule has 2 aromatic rings. The van der Waals surface area contributed by atoms with Gasteiger partial charge in [0.15, 0.2) is 0 Å². The topological polar surface area (TPSA) is 49.3 Å². The van der Waals surface area contributed by atoms with E-state index in [4.69, 9.17) is 9.97 Å². The minimum absolute atomic E-state index is 0.256. The standard InChI is InChI=1S/C18H24N4OS/c1-3-15(23)21-8-10-22(11-9-21)17-16-13-6-4-5-7-14(13)24-18(16)20-12(2)19-17/h3-11H2,1-2H3. The maximum absolute atomic E-state index is 11.9. The molecule has 1 aliphatic heterocycles. The van der Waals surface area contributed by atoms with Crippen molar-refractivity contribution >= 4 is 33.3 Å². The van der Waals surface area contributed by atoms with Gasteiger partial charge in [-0.1, -0.05) is 6.92 Å². The fraction of sp³-hybridized carbons (Fsp3) is 0.611. The van der Waals surface area contributed by atoms with Crippen molar-refractivity contribution in [1.82, 2.24) is 14.9 Å². The summed E-state index contributed by atoms with van der Waals surface area (Å²) in [5, 5.41) is 1.29. The lowest BCUT2D eigenvalue weighted by Gasteiger charge is -2.35. The normalized spacial score (nSPS) is 18.1. The molecule has 0 atom stereocenters. The molecule has 5 nitrogen and oxygen atoms in total. The summed E-state index contributed by atoms with van der Waals surface area (Å²) in [7, 11) is 0. The van der Waals surface area contributed by atoms with E-state index in [1.54, 1.807) is 0 Å². The third-order valence-corrected chi connectivity index (χ3v) is 6.33. The van der Waals surface area contributed by atoms with Crippen LogP contribution in [0.4, 0.5) is 5.82 Å². The molecule has 0 saturated carbocycles. The van der Waals surface area contributed by atoms with Crippen molar-refractivity contribution in [1.29, 1.82) is 0 Å². The van der Waals surface area contributed by atoms with E-state index in [9.17, 15) is 4.79 Å². The van der Waals surface area contributed by atoms with Crippen LogP contribution in [0.2, 0.25) is 0 Å². The van der Waals surface area contributed by atoms with E-state index < -0.39 is 0 Å². The molecule has 0 radical (unpaired) electrons. The quantitative estimate of drug-likeness (QED) is 0.840. The van der Waals surface area contributed by atoms with Crippen LogP contribution in [0.3, 0.4) is 0 Å². The van der Waals surface area contributed by atoms with Gasteiger partial charge in [-0.25, -0.2) is 9.97 Å². The van der Waals surface area contributed by atoms with Crippen LogP contribution in [0, 0.1) is 6.92 Å². The highest BCUT2D eigenvalue weighted by Crippen LogP contribution is 2.39. The highest BCUT2D eigenvalue weighted by atomic mass is 32.1. The number of rotatable bonds is 2. The monoisotopic (exact) mass is 344 g/mol. The van der Waals surface area contributed by atoms with E-state index in [0.29, 0.717) is 6.42 Å². The average molecular weight is 344 g/mol. The number of carbonyl (C=O) groups is 1. The minimum Gasteiger partial charge on any atom is -0.352 e. The zero-order valence-electron chi connectivity index (χ0n) is 14.5. The fourth-order valence-corrected chi connectivity index (χ4v) is 5.16. The van der Waals surface area contributed by atoms with Crippen molar-refractivity contribution in [3.63, 3.8) is 0 Å². The number of amides is 1. The minimum atomic E-state index is 0.256. The van der Waals surface area contributed by atoms with Gasteiger partial charge >= 0.3 is 0 Å². The lowest BCUT2D eigenvalue weighted by molar-refractivity contribution is -0.131. The summed E-state index contributed by atoms with van der Waals surface area (Å²) in [6.45, 7) is 7.24. The number of aryl methyl sites for hydroxylation is 3. The fourth-order valence-electron chi connectivity index (χ4n) is 3.86. The lowest BCUT2D eigenvalue weighted by atomic mass is 9.97. The first kappa shape index (κ1) is 15.8. The number of nitrogens with zero attached hydrogens (tertiary/aromatic N) is 4. The maximum Gasteiger partial charge on any atom is 0.222 e. The van der Waals surface area contributed by atoms with Crippen molar-refractivity contribution in [3.05, 3.63) is 16.3 Å². The molecule has 0 aromatic carbocycles. The SMILES string of the molecule is CCC(=O)N1CCN(c2nc(C)nc3sc4c(c23)CCCC4)CC1. The summed E-state index contributed by atoms with van der Waals surface area (Å²) < 4.78 is 0. The van der Waals surface area contributed by atoms with Gasteiger partial charge in [-0.15, -0.1) is 11.3 Å². The molecule has 1 saturated heterocycles. The Bertz CT molecular complexity index is 777. The molecular formula is C18H24N4OS. The number of piperazine rings is 1. The number of hydrogen-bond donors (Lipinski definition) is 0. The van der Waals surface area contributed by atoms with Crippen LogP contribution in [0.5, 0.6) is 0 Å². The first-order valence-electron chi connectivity index (χ1n) is 8.99. The number of aromatic nitrogens is 2. The van der Waals surface area contributed by atoms with Crippen LogP contribution in [0.1, 0.15) is 42.5 Å². The number of anilines is 1. The average Bonchev–Trinajstić information content (AvgIpc) is 2.98. The Labute approximate surface area is 146 Å². The van der Waals surface area contributed by atoms with E-state index in [1.165, 1.54) is 35.1 Å². The molecule has 128 valence electrons. The van der Waals surface area contributed by atoms with Crippen molar-refractivity contribution in [3.8, 4) is 0 Å². The smallest absolute Gasteiger partial charge is 0.222 e. The lowest BCUT2D eigenvalue weighted by Crippen LogP contribution is -2.49.